The van der Waals surface area contributed by atoms with Crippen molar-refractivity contribution in [3.05, 3.63) is 28.5 Å². The van der Waals surface area contributed by atoms with Crippen LogP contribution in [0.25, 0.3) is 0 Å². The van der Waals surface area contributed by atoms with E-state index in [0.717, 1.165) is 17.6 Å². The lowest BCUT2D eigenvalue weighted by Crippen LogP contribution is -2.29. The molecular formula is C11H13BrN2O2. The molecule has 1 aromatic rings. The Morgan fingerprint density at radius 2 is 2.44 bits per heavy atom. The number of ether oxygens (including phenoxy) is 1. The molecule has 1 atom stereocenters. The van der Waals surface area contributed by atoms with E-state index in [9.17, 15) is 4.79 Å². The fourth-order valence-electron chi connectivity index (χ4n) is 1.79. The maximum absolute atomic E-state index is 12.0. The van der Waals surface area contributed by atoms with Gasteiger partial charge in [0.2, 0.25) is 0 Å². The monoisotopic (exact) mass is 284 g/mol. The molecule has 1 aromatic heterocycles. The van der Waals surface area contributed by atoms with Crippen molar-refractivity contribution in [2.45, 2.75) is 12.5 Å². The van der Waals surface area contributed by atoms with Crippen molar-refractivity contribution in [1.29, 1.82) is 0 Å². The van der Waals surface area contributed by atoms with E-state index in [0.29, 0.717) is 12.1 Å². The normalized spacial score (nSPS) is 20.1. The van der Waals surface area contributed by atoms with Gasteiger partial charge in [-0.3, -0.25) is 4.79 Å². The van der Waals surface area contributed by atoms with Crippen LogP contribution in [0.1, 0.15) is 16.8 Å². The second-order valence-corrected chi connectivity index (χ2v) is 4.58. The van der Waals surface area contributed by atoms with Crippen LogP contribution in [0.4, 0.5) is 0 Å². The number of likely N-dealkylation sites (tertiary alicyclic amines) is 1. The van der Waals surface area contributed by atoms with Gasteiger partial charge in [0.1, 0.15) is 4.60 Å². The van der Waals surface area contributed by atoms with Gasteiger partial charge in [-0.25, -0.2) is 4.98 Å². The van der Waals surface area contributed by atoms with Gasteiger partial charge in [0, 0.05) is 26.4 Å². The van der Waals surface area contributed by atoms with Gasteiger partial charge in [0.25, 0.3) is 5.91 Å². The van der Waals surface area contributed by atoms with E-state index in [4.69, 9.17) is 4.74 Å². The third-order valence-corrected chi connectivity index (χ3v) is 3.21. The molecule has 2 rings (SSSR count). The lowest BCUT2D eigenvalue weighted by atomic mass is 10.2. The number of methoxy groups -OCH3 is 1. The summed E-state index contributed by atoms with van der Waals surface area (Å²) in [6.07, 6.45) is 2.67. The number of hydrogen-bond acceptors (Lipinski definition) is 3. The molecule has 1 fully saturated rings. The summed E-state index contributed by atoms with van der Waals surface area (Å²) in [5.41, 5.74) is 0.625. The predicted molar refractivity (Wildman–Crippen MR) is 63.3 cm³/mol. The summed E-state index contributed by atoms with van der Waals surface area (Å²) in [5.74, 6) is 0.0274. The van der Waals surface area contributed by atoms with Crippen LogP contribution in [0.3, 0.4) is 0 Å². The molecule has 0 radical (unpaired) electrons. The Labute approximate surface area is 103 Å². The zero-order valence-electron chi connectivity index (χ0n) is 9.02. The molecule has 1 saturated heterocycles. The number of carbonyl (C=O) groups is 1. The number of pyridine rings is 1. The van der Waals surface area contributed by atoms with Crippen LogP contribution in [0.15, 0.2) is 22.9 Å². The van der Waals surface area contributed by atoms with E-state index in [1.165, 1.54) is 0 Å². The fourth-order valence-corrected chi connectivity index (χ4v) is 2.02. The van der Waals surface area contributed by atoms with Gasteiger partial charge in [-0.1, -0.05) is 0 Å². The minimum absolute atomic E-state index is 0.0274. The zero-order valence-corrected chi connectivity index (χ0v) is 10.6. The summed E-state index contributed by atoms with van der Waals surface area (Å²) < 4.78 is 5.97. The maximum atomic E-state index is 12.0. The predicted octanol–water partition coefficient (Wildman–Crippen LogP) is 1.71. The maximum Gasteiger partial charge on any atom is 0.255 e. The fraction of sp³-hybridized carbons (Fsp3) is 0.455. The first-order chi connectivity index (χ1) is 7.70. The van der Waals surface area contributed by atoms with Crippen LogP contribution in [-0.4, -0.2) is 42.1 Å². The molecule has 0 aromatic carbocycles. The van der Waals surface area contributed by atoms with Crippen molar-refractivity contribution in [1.82, 2.24) is 9.88 Å². The van der Waals surface area contributed by atoms with E-state index >= 15 is 0 Å². The van der Waals surface area contributed by atoms with Crippen LogP contribution >= 0.6 is 15.9 Å². The van der Waals surface area contributed by atoms with Crippen molar-refractivity contribution in [3.63, 3.8) is 0 Å². The molecule has 0 saturated carbocycles. The van der Waals surface area contributed by atoms with Gasteiger partial charge in [-0.05, 0) is 34.5 Å². The van der Waals surface area contributed by atoms with Crippen LogP contribution in [0, 0.1) is 0 Å². The lowest BCUT2D eigenvalue weighted by Gasteiger charge is -2.15. The number of nitrogens with zero attached hydrogens (tertiary/aromatic N) is 2. The van der Waals surface area contributed by atoms with Gasteiger partial charge >= 0.3 is 0 Å². The highest BCUT2D eigenvalue weighted by Gasteiger charge is 2.26. The molecule has 0 spiro atoms. The molecule has 16 heavy (non-hydrogen) atoms. The summed E-state index contributed by atoms with van der Waals surface area (Å²) in [5, 5.41) is 0. The van der Waals surface area contributed by atoms with Crippen LogP contribution < -0.4 is 0 Å². The third kappa shape index (κ3) is 2.41. The van der Waals surface area contributed by atoms with Crippen molar-refractivity contribution in [3.8, 4) is 0 Å². The van der Waals surface area contributed by atoms with E-state index in [1.807, 2.05) is 0 Å². The topological polar surface area (TPSA) is 42.4 Å². The smallest absolute Gasteiger partial charge is 0.255 e. The van der Waals surface area contributed by atoms with Gasteiger partial charge in [-0.2, -0.15) is 0 Å². The second kappa shape index (κ2) is 4.93. The van der Waals surface area contributed by atoms with E-state index in [2.05, 4.69) is 20.9 Å². The molecule has 4 nitrogen and oxygen atoms in total. The highest BCUT2D eigenvalue weighted by Crippen LogP contribution is 2.15. The minimum Gasteiger partial charge on any atom is -0.380 e. The van der Waals surface area contributed by atoms with E-state index in [-0.39, 0.29) is 12.0 Å². The van der Waals surface area contributed by atoms with Gasteiger partial charge in [0.15, 0.2) is 0 Å². The van der Waals surface area contributed by atoms with Crippen molar-refractivity contribution >= 4 is 21.8 Å². The number of aromatic nitrogens is 1. The minimum atomic E-state index is 0.0274. The number of amides is 1. The number of halogens is 1. The van der Waals surface area contributed by atoms with Crippen molar-refractivity contribution in [2.24, 2.45) is 0 Å². The molecule has 1 amide bonds. The summed E-state index contributed by atoms with van der Waals surface area (Å²) in [4.78, 5) is 17.9. The Kier molecular flexibility index (Phi) is 3.56. The SMILES string of the molecule is COC1CCN(C(=O)c2ccc(Br)nc2)C1. The average Bonchev–Trinajstić information content (AvgIpc) is 2.77. The molecule has 0 bridgehead atoms. The Morgan fingerprint density at radius 1 is 1.62 bits per heavy atom. The molecule has 2 heterocycles. The molecule has 1 unspecified atom stereocenters. The first-order valence-electron chi connectivity index (χ1n) is 5.14. The first-order valence-corrected chi connectivity index (χ1v) is 5.93. The first kappa shape index (κ1) is 11.5. The molecular weight excluding hydrogens is 272 g/mol. The Balaban J connectivity index is 2.05. The van der Waals surface area contributed by atoms with Crippen molar-refractivity contribution in [2.75, 3.05) is 20.2 Å². The average molecular weight is 285 g/mol. The number of hydrogen-bond donors (Lipinski definition) is 0. The molecule has 5 heteroatoms. The van der Waals surface area contributed by atoms with E-state index < -0.39 is 0 Å². The molecule has 0 aliphatic carbocycles. The number of carbonyl (C=O) groups excluding carboxylic acids is 1. The molecule has 0 N–H and O–H groups in total. The molecule has 86 valence electrons. The van der Waals surface area contributed by atoms with E-state index in [1.54, 1.807) is 30.3 Å². The summed E-state index contributed by atoms with van der Waals surface area (Å²) >= 11 is 3.24. The number of rotatable bonds is 2. The molecule has 1 aliphatic rings. The molecule has 1 aliphatic heterocycles. The van der Waals surface area contributed by atoms with Gasteiger partial charge < -0.3 is 9.64 Å². The van der Waals surface area contributed by atoms with Crippen LogP contribution in [-0.2, 0) is 4.74 Å². The highest BCUT2D eigenvalue weighted by molar-refractivity contribution is 9.10. The standard InChI is InChI=1S/C11H13BrN2O2/c1-16-9-4-5-14(7-9)11(15)8-2-3-10(12)13-6-8/h2-3,6,9H,4-5,7H2,1H3. The lowest BCUT2D eigenvalue weighted by molar-refractivity contribution is 0.0724. The third-order valence-electron chi connectivity index (χ3n) is 2.74. The summed E-state index contributed by atoms with van der Waals surface area (Å²) in [6, 6.07) is 3.55. The summed E-state index contributed by atoms with van der Waals surface area (Å²) in [6.45, 7) is 1.43. The Bertz CT molecular complexity index is 380. The van der Waals surface area contributed by atoms with Gasteiger partial charge in [-0.15, -0.1) is 0 Å². The quantitative estimate of drug-likeness (QED) is 0.777. The largest absolute Gasteiger partial charge is 0.380 e. The van der Waals surface area contributed by atoms with Crippen molar-refractivity contribution < 1.29 is 9.53 Å². The Morgan fingerprint density at radius 3 is 3.00 bits per heavy atom. The zero-order chi connectivity index (χ0) is 11.5. The highest BCUT2D eigenvalue weighted by atomic mass is 79.9. The van der Waals surface area contributed by atoms with Crippen LogP contribution in [0.5, 0.6) is 0 Å². The van der Waals surface area contributed by atoms with Crippen LogP contribution in [0.2, 0.25) is 0 Å². The summed E-state index contributed by atoms with van der Waals surface area (Å²) in [7, 11) is 1.68. The second-order valence-electron chi connectivity index (χ2n) is 3.77. The Hall–Kier alpha value is -0.940. The van der Waals surface area contributed by atoms with Gasteiger partial charge in [0.05, 0.1) is 11.7 Å².